The Morgan fingerprint density at radius 2 is 2.12 bits per heavy atom. The van der Waals surface area contributed by atoms with Gasteiger partial charge < -0.3 is 5.11 Å². The topological polar surface area (TPSA) is 23.5 Å². The molecule has 1 N–H and O–H groups in total. The largest absolute Gasteiger partial charge is 0.395 e. The van der Waals surface area contributed by atoms with Gasteiger partial charge in [-0.25, -0.2) is 0 Å². The fourth-order valence-electron chi connectivity index (χ4n) is 2.75. The minimum atomic E-state index is 0.346. The zero-order chi connectivity index (χ0) is 11.8. The van der Waals surface area contributed by atoms with Crippen LogP contribution in [0.25, 0.3) is 0 Å². The number of likely N-dealkylation sites (tertiary alicyclic amines) is 1. The zero-order valence-corrected chi connectivity index (χ0v) is 11.1. The van der Waals surface area contributed by atoms with Crippen LogP contribution in [0.5, 0.6) is 0 Å². The standard InChI is InChI=1S/C14H29NO/c1-3-4-5-6-9-14(12-16)15-10-7-8-13(2)11-15/h13-14,16H,3-12H2,1-2H3. The van der Waals surface area contributed by atoms with Crippen molar-refractivity contribution in [1.82, 2.24) is 4.90 Å². The first-order valence-corrected chi connectivity index (χ1v) is 7.12. The molecule has 1 aliphatic heterocycles. The molecule has 0 aliphatic carbocycles. The Kier molecular flexibility index (Phi) is 7.06. The Morgan fingerprint density at radius 1 is 1.31 bits per heavy atom. The summed E-state index contributed by atoms with van der Waals surface area (Å²) in [5.74, 6) is 0.818. The Morgan fingerprint density at radius 3 is 2.75 bits per heavy atom. The van der Waals surface area contributed by atoms with Crippen LogP contribution in [-0.4, -0.2) is 35.7 Å². The molecule has 0 spiro atoms. The van der Waals surface area contributed by atoms with Crippen molar-refractivity contribution in [2.45, 2.75) is 64.8 Å². The quantitative estimate of drug-likeness (QED) is 0.676. The van der Waals surface area contributed by atoms with E-state index in [0.29, 0.717) is 12.6 Å². The van der Waals surface area contributed by atoms with Crippen molar-refractivity contribution in [3.8, 4) is 0 Å². The van der Waals surface area contributed by atoms with E-state index in [0.717, 1.165) is 5.92 Å². The van der Waals surface area contributed by atoms with E-state index in [9.17, 15) is 5.11 Å². The summed E-state index contributed by atoms with van der Waals surface area (Å²) in [7, 11) is 0. The lowest BCUT2D eigenvalue weighted by Crippen LogP contribution is -2.43. The number of aliphatic hydroxyl groups excluding tert-OH is 1. The molecule has 0 aromatic heterocycles. The second-order valence-electron chi connectivity index (χ2n) is 5.43. The van der Waals surface area contributed by atoms with Gasteiger partial charge in [-0.15, -0.1) is 0 Å². The van der Waals surface area contributed by atoms with Crippen molar-refractivity contribution in [1.29, 1.82) is 0 Å². The van der Waals surface area contributed by atoms with Crippen LogP contribution in [-0.2, 0) is 0 Å². The van der Waals surface area contributed by atoms with Crippen LogP contribution in [0.3, 0.4) is 0 Å². The number of unbranched alkanes of at least 4 members (excludes halogenated alkanes) is 3. The first-order chi connectivity index (χ1) is 7.77. The maximum atomic E-state index is 9.48. The number of rotatable bonds is 7. The van der Waals surface area contributed by atoms with Gasteiger partial charge in [0, 0.05) is 12.6 Å². The maximum Gasteiger partial charge on any atom is 0.0586 e. The molecule has 1 aliphatic rings. The van der Waals surface area contributed by atoms with E-state index in [4.69, 9.17) is 0 Å². The van der Waals surface area contributed by atoms with Crippen LogP contribution in [0.2, 0.25) is 0 Å². The van der Waals surface area contributed by atoms with E-state index >= 15 is 0 Å². The second-order valence-corrected chi connectivity index (χ2v) is 5.43. The average molecular weight is 227 g/mol. The molecule has 1 fully saturated rings. The number of piperidine rings is 1. The Hall–Kier alpha value is -0.0800. The molecule has 2 heteroatoms. The lowest BCUT2D eigenvalue weighted by Gasteiger charge is -2.36. The fraction of sp³-hybridized carbons (Fsp3) is 1.00. The SMILES string of the molecule is CCCCCCC(CO)N1CCCC(C)C1. The van der Waals surface area contributed by atoms with Crippen molar-refractivity contribution < 1.29 is 5.11 Å². The molecule has 0 radical (unpaired) electrons. The minimum absolute atomic E-state index is 0.346. The number of nitrogens with zero attached hydrogens (tertiary/aromatic N) is 1. The summed E-state index contributed by atoms with van der Waals surface area (Å²) in [6.07, 6.45) is 9.11. The third-order valence-electron chi connectivity index (χ3n) is 3.81. The number of aliphatic hydroxyl groups is 1. The lowest BCUT2D eigenvalue weighted by molar-refractivity contribution is 0.0774. The van der Waals surface area contributed by atoms with Crippen LogP contribution in [0, 0.1) is 5.92 Å². The summed E-state index contributed by atoms with van der Waals surface area (Å²) < 4.78 is 0. The molecule has 0 amide bonds. The van der Waals surface area contributed by atoms with Crippen LogP contribution >= 0.6 is 0 Å². The lowest BCUT2D eigenvalue weighted by atomic mass is 9.97. The first kappa shape index (κ1) is 14.0. The predicted molar refractivity (Wildman–Crippen MR) is 69.6 cm³/mol. The number of hydrogen-bond acceptors (Lipinski definition) is 2. The van der Waals surface area contributed by atoms with Gasteiger partial charge in [-0.3, -0.25) is 4.90 Å². The van der Waals surface area contributed by atoms with Gasteiger partial charge in [-0.05, 0) is 31.7 Å². The van der Waals surface area contributed by atoms with Gasteiger partial charge in [0.2, 0.25) is 0 Å². The van der Waals surface area contributed by atoms with Gasteiger partial charge in [-0.1, -0.05) is 39.5 Å². The highest BCUT2D eigenvalue weighted by molar-refractivity contribution is 4.77. The summed E-state index contributed by atoms with van der Waals surface area (Å²) in [6, 6.07) is 0.430. The van der Waals surface area contributed by atoms with Gasteiger partial charge in [0.15, 0.2) is 0 Å². The summed E-state index contributed by atoms with van der Waals surface area (Å²) in [5, 5.41) is 9.48. The molecular formula is C14H29NO. The van der Waals surface area contributed by atoms with Crippen LogP contribution in [0.1, 0.15) is 58.8 Å². The van der Waals surface area contributed by atoms with E-state index in [1.165, 1.54) is 58.0 Å². The predicted octanol–water partition coefficient (Wildman–Crippen LogP) is 3.05. The highest BCUT2D eigenvalue weighted by atomic mass is 16.3. The van der Waals surface area contributed by atoms with E-state index in [2.05, 4.69) is 18.7 Å². The van der Waals surface area contributed by atoms with Gasteiger partial charge in [-0.2, -0.15) is 0 Å². The van der Waals surface area contributed by atoms with Gasteiger partial charge >= 0.3 is 0 Å². The molecule has 96 valence electrons. The van der Waals surface area contributed by atoms with Crippen molar-refractivity contribution >= 4 is 0 Å². The van der Waals surface area contributed by atoms with Gasteiger partial charge in [0.1, 0.15) is 0 Å². The highest BCUT2D eigenvalue weighted by Crippen LogP contribution is 2.20. The first-order valence-electron chi connectivity index (χ1n) is 7.12. The van der Waals surface area contributed by atoms with Crippen molar-refractivity contribution in [3.05, 3.63) is 0 Å². The molecule has 1 rings (SSSR count). The normalized spacial score (nSPS) is 24.6. The van der Waals surface area contributed by atoms with Crippen molar-refractivity contribution in [2.75, 3.05) is 19.7 Å². The Balaban J connectivity index is 2.23. The summed E-state index contributed by atoms with van der Waals surface area (Å²) >= 11 is 0. The molecule has 2 unspecified atom stereocenters. The smallest absolute Gasteiger partial charge is 0.0586 e. The summed E-state index contributed by atoms with van der Waals surface area (Å²) in [5.41, 5.74) is 0. The molecular weight excluding hydrogens is 198 g/mol. The van der Waals surface area contributed by atoms with Crippen molar-refractivity contribution in [3.63, 3.8) is 0 Å². The molecule has 0 aromatic carbocycles. The molecule has 2 nitrogen and oxygen atoms in total. The van der Waals surface area contributed by atoms with E-state index in [1.807, 2.05) is 0 Å². The fourth-order valence-corrected chi connectivity index (χ4v) is 2.75. The zero-order valence-electron chi connectivity index (χ0n) is 11.1. The Bertz CT molecular complexity index is 172. The summed E-state index contributed by atoms with van der Waals surface area (Å²) in [4.78, 5) is 2.51. The molecule has 0 aromatic rings. The Labute approximate surface area is 101 Å². The average Bonchev–Trinajstić information content (AvgIpc) is 2.29. The maximum absolute atomic E-state index is 9.48. The molecule has 0 bridgehead atoms. The van der Waals surface area contributed by atoms with Crippen molar-refractivity contribution in [2.24, 2.45) is 5.92 Å². The third-order valence-corrected chi connectivity index (χ3v) is 3.81. The molecule has 2 atom stereocenters. The van der Waals surface area contributed by atoms with E-state index < -0.39 is 0 Å². The third kappa shape index (κ3) is 4.84. The second kappa shape index (κ2) is 8.08. The molecule has 0 saturated carbocycles. The molecule has 1 saturated heterocycles. The van der Waals surface area contributed by atoms with Gasteiger partial charge in [0.05, 0.1) is 6.61 Å². The minimum Gasteiger partial charge on any atom is -0.395 e. The van der Waals surface area contributed by atoms with Crippen LogP contribution in [0.4, 0.5) is 0 Å². The summed E-state index contributed by atoms with van der Waals surface area (Å²) in [6.45, 7) is 7.31. The molecule has 1 heterocycles. The van der Waals surface area contributed by atoms with E-state index in [-0.39, 0.29) is 0 Å². The van der Waals surface area contributed by atoms with Crippen LogP contribution in [0.15, 0.2) is 0 Å². The van der Waals surface area contributed by atoms with Crippen LogP contribution < -0.4 is 0 Å². The number of hydrogen-bond donors (Lipinski definition) is 1. The van der Waals surface area contributed by atoms with Gasteiger partial charge in [0.25, 0.3) is 0 Å². The highest BCUT2D eigenvalue weighted by Gasteiger charge is 2.22. The monoisotopic (exact) mass is 227 g/mol. The van der Waals surface area contributed by atoms with E-state index in [1.54, 1.807) is 0 Å². The molecule has 16 heavy (non-hydrogen) atoms.